The molecule has 0 saturated heterocycles. The Labute approximate surface area is 115 Å². The van der Waals surface area contributed by atoms with Crippen molar-refractivity contribution in [1.82, 2.24) is 4.90 Å². The number of carbonyl (C=O) groups excluding carboxylic acids is 1. The summed E-state index contributed by atoms with van der Waals surface area (Å²) < 4.78 is 5.38. The Morgan fingerprint density at radius 2 is 1.89 bits per heavy atom. The van der Waals surface area contributed by atoms with Crippen molar-refractivity contribution in [2.45, 2.75) is 46.4 Å². The minimum absolute atomic E-state index is 0.00745. The van der Waals surface area contributed by atoms with Crippen molar-refractivity contribution >= 4 is 11.6 Å². The molecule has 106 valence electrons. The number of ether oxygens (including phenoxy) is 1. The molecule has 1 rings (SSSR count). The summed E-state index contributed by atoms with van der Waals surface area (Å²) in [7, 11) is 0. The normalized spacial score (nSPS) is 11.1. The molecule has 1 amide bonds. The largest absolute Gasteiger partial charge is 0.398 e. The van der Waals surface area contributed by atoms with Gasteiger partial charge in [-0.15, -0.1) is 0 Å². The number of anilines is 1. The molecule has 0 atom stereocenters. The topological polar surface area (TPSA) is 55.6 Å². The van der Waals surface area contributed by atoms with E-state index in [4.69, 9.17) is 10.5 Å². The standard InChI is InChI=1S/C15H24N2O2/c1-11(2)17(15(18)10-19-12(3)4)9-13-7-5-6-8-14(13)16/h5-8,11-12H,9-10,16H2,1-4H3. The van der Waals surface area contributed by atoms with Gasteiger partial charge in [0, 0.05) is 18.3 Å². The van der Waals surface area contributed by atoms with Gasteiger partial charge in [-0.05, 0) is 39.3 Å². The smallest absolute Gasteiger partial charge is 0.249 e. The molecule has 0 fully saturated rings. The molecule has 0 bridgehead atoms. The molecule has 1 aromatic rings. The molecular formula is C15H24N2O2. The van der Waals surface area contributed by atoms with E-state index < -0.39 is 0 Å². The van der Waals surface area contributed by atoms with Crippen LogP contribution in [0.5, 0.6) is 0 Å². The van der Waals surface area contributed by atoms with E-state index >= 15 is 0 Å². The van der Waals surface area contributed by atoms with E-state index in [-0.39, 0.29) is 24.7 Å². The second-order valence-electron chi connectivity index (χ2n) is 5.17. The predicted octanol–water partition coefficient (Wildman–Crippen LogP) is 2.43. The van der Waals surface area contributed by atoms with Gasteiger partial charge >= 0.3 is 0 Å². The van der Waals surface area contributed by atoms with Crippen LogP contribution >= 0.6 is 0 Å². The number of amides is 1. The lowest BCUT2D eigenvalue weighted by atomic mass is 10.1. The van der Waals surface area contributed by atoms with Crippen molar-refractivity contribution < 1.29 is 9.53 Å². The number of carbonyl (C=O) groups is 1. The van der Waals surface area contributed by atoms with Crippen molar-refractivity contribution in [2.75, 3.05) is 12.3 Å². The SMILES string of the molecule is CC(C)OCC(=O)N(Cc1ccccc1N)C(C)C. The number of rotatable bonds is 6. The van der Waals surface area contributed by atoms with Crippen LogP contribution in [0.1, 0.15) is 33.3 Å². The molecular weight excluding hydrogens is 240 g/mol. The molecule has 0 spiro atoms. The number of nitrogens with two attached hydrogens (primary N) is 1. The third-order valence-electron chi connectivity index (χ3n) is 2.88. The van der Waals surface area contributed by atoms with E-state index in [2.05, 4.69) is 0 Å². The highest BCUT2D eigenvalue weighted by molar-refractivity contribution is 5.78. The minimum Gasteiger partial charge on any atom is -0.398 e. The Balaban J connectivity index is 2.73. The van der Waals surface area contributed by atoms with Gasteiger partial charge in [-0.2, -0.15) is 0 Å². The monoisotopic (exact) mass is 264 g/mol. The molecule has 4 heteroatoms. The summed E-state index contributed by atoms with van der Waals surface area (Å²) in [4.78, 5) is 14.0. The number of nitrogens with zero attached hydrogens (tertiary/aromatic N) is 1. The fraction of sp³-hybridized carbons (Fsp3) is 0.533. The molecule has 0 aromatic heterocycles. The maximum atomic E-state index is 12.2. The maximum Gasteiger partial charge on any atom is 0.249 e. The number of hydrogen-bond acceptors (Lipinski definition) is 3. The van der Waals surface area contributed by atoms with Crippen LogP contribution in [0.3, 0.4) is 0 Å². The zero-order valence-corrected chi connectivity index (χ0v) is 12.2. The van der Waals surface area contributed by atoms with E-state index in [0.29, 0.717) is 12.2 Å². The van der Waals surface area contributed by atoms with Crippen LogP contribution in [0.15, 0.2) is 24.3 Å². The zero-order chi connectivity index (χ0) is 14.4. The van der Waals surface area contributed by atoms with Crippen LogP contribution < -0.4 is 5.73 Å². The highest BCUT2D eigenvalue weighted by atomic mass is 16.5. The van der Waals surface area contributed by atoms with Gasteiger partial charge in [-0.1, -0.05) is 18.2 Å². The number of hydrogen-bond donors (Lipinski definition) is 1. The molecule has 0 unspecified atom stereocenters. The van der Waals surface area contributed by atoms with E-state index in [1.165, 1.54) is 0 Å². The lowest BCUT2D eigenvalue weighted by Gasteiger charge is -2.27. The van der Waals surface area contributed by atoms with Crippen LogP contribution in [-0.4, -0.2) is 29.6 Å². The van der Waals surface area contributed by atoms with Gasteiger partial charge in [0.05, 0.1) is 6.10 Å². The summed E-state index contributed by atoms with van der Waals surface area (Å²) in [5.74, 6) is -0.00745. The van der Waals surface area contributed by atoms with Gasteiger partial charge in [0.25, 0.3) is 0 Å². The number of benzene rings is 1. The molecule has 0 aliphatic heterocycles. The molecule has 0 saturated carbocycles. The fourth-order valence-electron chi connectivity index (χ4n) is 1.74. The summed E-state index contributed by atoms with van der Waals surface area (Å²) in [6.45, 7) is 8.45. The highest BCUT2D eigenvalue weighted by Crippen LogP contribution is 2.15. The average Bonchev–Trinajstić information content (AvgIpc) is 2.34. The zero-order valence-electron chi connectivity index (χ0n) is 12.2. The molecule has 2 N–H and O–H groups in total. The van der Waals surface area contributed by atoms with Gasteiger partial charge in [0.1, 0.15) is 6.61 Å². The van der Waals surface area contributed by atoms with Crippen molar-refractivity contribution in [3.8, 4) is 0 Å². The molecule has 0 aliphatic rings. The maximum absolute atomic E-state index is 12.2. The first-order valence-electron chi connectivity index (χ1n) is 6.66. The molecule has 4 nitrogen and oxygen atoms in total. The Morgan fingerprint density at radius 1 is 1.26 bits per heavy atom. The minimum atomic E-state index is -0.00745. The number of para-hydroxylation sites is 1. The molecule has 1 aromatic carbocycles. The second kappa shape index (κ2) is 7.14. The lowest BCUT2D eigenvalue weighted by molar-refractivity contribution is -0.140. The number of nitrogen functional groups attached to an aromatic ring is 1. The molecule has 0 radical (unpaired) electrons. The first-order chi connectivity index (χ1) is 8.91. The third kappa shape index (κ3) is 4.91. The van der Waals surface area contributed by atoms with E-state index in [0.717, 1.165) is 5.56 Å². The van der Waals surface area contributed by atoms with Crippen molar-refractivity contribution in [1.29, 1.82) is 0 Å². The van der Waals surface area contributed by atoms with Gasteiger partial charge in [-0.3, -0.25) is 4.79 Å². The Hall–Kier alpha value is -1.55. The first-order valence-corrected chi connectivity index (χ1v) is 6.66. The van der Waals surface area contributed by atoms with Gasteiger partial charge < -0.3 is 15.4 Å². The average molecular weight is 264 g/mol. The van der Waals surface area contributed by atoms with Crippen LogP contribution in [0, 0.1) is 0 Å². The van der Waals surface area contributed by atoms with Crippen LogP contribution in [0.25, 0.3) is 0 Å². The predicted molar refractivity (Wildman–Crippen MR) is 77.6 cm³/mol. The Bertz CT molecular complexity index is 416. The van der Waals surface area contributed by atoms with E-state index in [1.54, 1.807) is 4.90 Å². The third-order valence-corrected chi connectivity index (χ3v) is 2.88. The van der Waals surface area contributed by atoms with Gasteiger partial charge in [-0.25, -0.2) is 0 Å². The van der Waals surface area contributed by atoms with Crippen LogP contribution in [0.4, 0.5) is 5.69 Å². The quantitative estimate of drug-likeness (QED) is 0.803. The molecule has 0 heterocycles. The lowest BCUT2D eigenvalue weighted by Crippen LogP contribution is -2.39. The van der Waals surface area contributed by atoms with Gasteiger partial charge in [0.2, 0.25) is 5.91 Å². The second-order valence-corrected chi connectivity index (χ2v) is 5.17. The van der Waals surface area contributed by atoms with E-state index in [1.807, 2.05) is 52.0 Å². The van der Waals surface area contributed by atoms with Crippen molar-refractivity contribution in [3.63, 3.8) is 0 Å². The van der Waals surface area contributed by atoms with Crippen molar-refractivity contribution in [3.05, 3.63) is 29.8 Å². The summed E-state index contributed by atoms with van der Waals surface area (Å²) in [5.41, 5.74) is 7.60. The fourth-order valence-corrected chi connectivity index (χ4v) is 1.74. The summed E-state index contributed by atoms with van der Waals surface area (Å²) >= 11 is 0. The summed E-state index contributed by atoms with van der Waals surface area (Å²) in [6, 6.07) is 7.73. The van der Waals surface area contributed by atoms with E-state index in [9.17, 15) is 4.79 Å². The first kappa shape index (κ1) is 15.5. The summed E-state index contributed by atoms with van der Waals surface area (Å²) in [6.07, 6.45) is 0.0553. The van der Waals surface area contributed by atoms with Crippen LogP contribution in [-0.2, 0) is 16.1 Å². The highest BCUT2D eigenvalue weighted by Gasteiger charge is 2.18. The Kier molecular flexibility index (Phi) is 5.83. The Morgan fingerprint density at radius 3 is 2.42 bits per heavy atom. The molecule has 0 aliphatic carbocycles. The molecule has 19 heavy (non-hydrogen) atoms. The van der Waals surface area contributed by atoms with Crippen LogP contribution in [0.2, 0.25) is 0 Å². The van der Waals surface area contributed by atoms with Gasteiger partial charge in [0.15, 0.2) is 0 Å². The summed E-state index contributed by atoms with van der Waals surface area (Å²) in [5, 5.41) is 0. The van der Waals surface area contributed by atoms with Crippen molar-refractivity contribution in [2.24, 2.45) is 0 Å².